The molecule has 2 nitrogen and oxygen atoms in total. The predicted octanol–water partition coefficient (Wildman–Crippen LogP) is 3.59. The number of hydrogen-bond acceptors (Lipinski definition) is 2. The molecule has 0 heterocycles. The van der Waals surface area contributed by atoms with Gasteiger partial charge in [0.15, 0.2) is 5.78 Å². The minimum atomic E-state index is -0.153. The van der Waals surface area contributed by atoms with Gasteiger partial charge in [-0.3, -0.25) is 4.79 Å². The van der Waals surface area contributed by atoms with Crippen LogP contribution in [0.4, 0.5) is 0 Å². The first-order valence-corrected chi connectivity index (χ1v) is 6.29. The summed E-state index contributed by atoms with van der Waals surface area (Å²) in [5, 5.41) is 0. The molecular formula is C13H26O2. The van der Waals surface area contributed by atoms with Gasteiger partial charge in [-0.25, -0.2) is 0 Å². The van der Waals surface area contributed by atoms with Crippen LogP contribution in [0.5, 0.6) is 0 Å². The lowest BCUT2D eigenvalue weighted by atomic mass is 9.96. The Hall–Kier alpha value is -0.370. The Balaban J connectivity index is 4.00. The Bertz CT molecular complexity index is 160. The van der Waals surface area contributed by atoms with Crippen LogP contribution >= 0.6 is 0 Å². The lowest BCUT2D eigenvalue weighted by Crippen LogP contribution is -2.25. The fourth-order valence-corrected chi connectivity index (χ4v) is 1.87. The average molecular weight is 214 g/mol. The van der Waals surface area contributed by atoms with Crippen LogP contribution in [0, 0.1) is 5.92 Å². The fourth-order valence-electron chi connectivity index (χ4n) is 1.87. The summed E-state index contributed by atoms with van der Waals surface area (Å²) in [6.45, 7) is 8.99. The van der Waals surface area contributed by atoms with Gasteiger partial charge in [-0.05, 0) is 19.3 Å². The summed E-state index contributed by atoms with van der Waals surface area (Å²) in [5.41, 5.74) is 0. The molecular weight excluding hydrogens is 188 g/mol. The van der Waals surface area contributed by atoms with Crippen LogP contribution < -0.4 is 0 Å². The van der Waals surface area contributed by atoms with Crippen molar-refractivity contribution >= 4 is 5.78 Å². The van der Waals surface area contributed by atoms with E-state index in [4.69, 9.17) is 4.74 Å². The van der Waals surface area contributed by atoms with Crippen molar-refractivity contribution in [2.75, 3.05) is 6.61 Å². The standard InChI is InChI=1S/C13H26O2/c1-5-8-11(4)10-12(14)13(9-6-2)15-7-3/h11,13H,5-10H2,1-4H3. The maximum Gasteiger partial charge on any atom is 0.161 e. The van der Waals surface area contributed by atoms with Gasteiger partial charge in [-0.2, -0.15) is 0 Å². The summed E-state index contributed by atoms with van der Waals surface area (Å²) < 4.78 is 5.47. The Labute approximate surface area is 94.4 Å². The molecule has 0 N–H and O–H groups in total. The predicted molar refractivity (Wildman–Crippen MR) is 64.0 cm³/mol. The van der Waals surface area contributed by atoms with Gasteiger partial charge in [0.25, 0.3) is 0 Å². The van der Waals surface area contributed by atoms with Crippen molar-refractivity contribution in [1.29, 1.82) is 0 Å². The highest BCUT2D eigenvalue weighted by Crippen LogP contribution is 2.14. The maximum absolute atomic E-state index is 11.9. The van der Waals surface area contributed by atoms with Crippen molar-refractivity contribution < 1.29 is 9.53 Å². The Morgan fingerprint density at radius 2 is 1.73 bits per heavy atom. The van der Waals surface area contributed by atoms with E-state index in [1.165, 1.54) is 0 Å². The Kier molecular flexibility index (Phi) is 8.68. The summed E-state index contributed by atoms with van der Waals surface area (Å²) in [6, 6.07) is 0. The number of carbonyl (C=O) groups is 1. The van der Waals surface area contributed by atoms with Crippen LogP contribution in [0.15, 0.2) is 0 Å². The number of carbonyl (C=O) groups excluding carboxylic acids is 1. The summed E-state index contributed by atoms with van der Waals surface area (Å²) in [6.07, 6.45) is 4.69. The smallest absolute Gasteiger partial charge is 0.161 e. The van der Waals surface area contributed by atoms with Crippen LogP contribution in [0.1, 0.15) is 59.8 Å². The van der Waals surface area contributed by atoms with Gasteiger partial charge in [0.05, 0.1) is 0 Å². The number of Topliss-reactive ketones (excluding diaryl/α,β-unsaturated/α-hetero) is 1. The third-order valence-electron chi connectivity index (χ3n) is 2.61. The van der Waals surface area contributed by atoms with Crippen molar-refractivity contribution in [3.63, 3.8) is 0 Å². The highest BCUT2D eigenvalue weighted by Gasteiger charge is 2.19. The second kappa shape index (κ2) is 8.90. The van der Waals surface area contributed by atoms with Gasteiger partial charge in [0, 0.05) is 13.0 Å². The topological polar surface area (TPSA) is 26.3 Å². The molecule has 0 saturated carbocycles. The van der Waals surface area contributed by atoms with Gasteiger partial charge in [0.2, 0.25) is 0 Å². The van der Waals surface area contributed by atoms with Crippen molar-refractivity contribution in [2.45, 2.75) is 65.9 Å². The summed E-state index contributed by atoms with van der Waals surface area (Å²) in [5.74, 6) is 0.793. The second-order valence-electron chi connectivity index (χ2n) is 4.30. The van der Waals surface area contributed by atoms with E-state index < -0.39 is 0 Å². The number of ketones is 1. The van der Waals surface area contributed by atoms with E-state index in [9.17, 15) is 4.79 Å². The molecule has 0 aliphatic rings. The number of hydrogen-bond donors (Lipinski definition) is 0. The summed E-state index contributed by atoms with van der Waals surface area (Å²) in [7, 11) is 0. The van der Waals surface area contributed by atoms with Crippen LogP contribution in [-0.2, 0) is 9.53 Å². The molecule has 0 rings (SSSR count). The van der Waals surface area contributed by atoms with E-state index in [0.29, 0.717) is 24.7 Å². The van der Waals surface area contributed by atoms with Crippen molar-refractivity contribution in [2.24, 2.45) is 5.92 Å². The van der Waals surface area contributed by atoms with E-state index >= 15 is 0 Å². The van der Waals surface area contributed by atoms with Crippen LogP contribution in [0.3, 0.4) is 0 Å². The molecule has 2 heteroatoms. The molecule has 0 radical (unpaired) electrons. The molecule has 15 heavy (non-hydrogen) atoms. The zero-order valence-corrected chi connectivity index (χ0v) is 10.7. The molecule has 2 atom stereocenters. The van der Waals surface area contributed by atoms with E-state index in [0.717, 1.165) is 25.7 Å². The molecule has 90 valence electrons. The molecule has 0 aliphatic carbocycles. The Morgan fingerprint density at radius 1 is 1.13 bits per heavy atom. The number of ether oxygens (including phenoxy) is 1. The van der Waals surface area contributed by atoms with Gasteiger partial charge in [-0.15, -0.1) is 0 Å². The van der Waals surface area contributed by atoms with Gasteiger partial charge in [-0.1, -0.05) is 40.0 Å². The molecule has 0 amide bonds. The molecule has 0 fully saturated rings. The highest BCUT2D eigenvalue weighted by atomic mass is 16.5. The first kappa shape index (κ1) is 14.6. The van der Waals surface area contributed by atoms with E-state index in [2.05, 4.69) is 20.8 Å². The minimum absolute atomic E-state index is 0.153. The van der Waals surface area contributed by atoms with Gasteiger partial charge >= 0.3 is 0 Å². The molecule has 0 aliphatic heterocycles. The van der Waals surface area contributed by atoms with E-state index in [-0.39, 0.29) is 6.10 Å². The second-order valence-corrected chi connectivity index (χ2v) is 4.30. The first-order valence-electron chi connectivity index (χ1n) is 6.29. The zero-order chi connectivity index (χ0) is 11.7. The van der Waals surface area contributed by atoms with Crippen LogP contribution in [0.25, 0.3) is 0 Å². The molecule has 0 spiro atoms. The quantitative estimate of drug-likeness (QED) is 0.586. The summed E-state index contributed by atoms with van der Waals surface area (Å²) in [4.78, 5) is 11.9. The average Bonchev–Trinajstić information content (AvgIpc) is 2.17. The lowest BCUT2D eigenvalue weighted by Gasteiger charge is -2.17. The lowest BCUT2D eigenvalue weighted by molar-refractivity contribution is -0.131. The largest absolute Gasteiger partial charge is 0.371 e. The van der Waals surface area contributed by atoms with Crippen LogP contribution in [0.2, 0.25) is 0 Å². The molecule has 0 bridgehead atoms. The van der Waals surface area contributed by atoms with Gasteiger partial charge in [0.1, 0.15) is 6.10 Å². The molecule has 0 aromatic rings. The third-order valence-corrected chi connectivity index (χ3v) is 2.61. The molecule has 0 aromatic carbocycles. The number of rotatable bonds is 9. The molecule has 2 unspecified atom stereocenters. The van der Waals surface area contributed by atoms with Gasteiger partial charge < -0.3 is 4.74 Å². The van der Waals surface area contributed by atoms with Crippen molar-refractivity contribution in [3.8, 4) is 0 Å². The van der Waals surface area contributed by atoms with Crippen molar-refractivity contribution in [3.05, 3.63) is 0 Å². The first-order chi connectivity index (χ1) is 7.15. The zero-order valence-electron chi connectivity index (χ0n) is 10.7. The van der Waals surface area contributed by atoms with Crippen LogP contribution in [-0.4, -0.2) is 18.5 Å². The van der Waals surface area contributed by atoms with E-state index in [1.807, 2.05) is 6.92 Å². The molecule has 0 saturated heterocycles. The molecule has 0 aromatic heterocycles. The van der Waals surface area contributed by atoms with Crippen molar-refractivity contribution in [1.82, 2.24) is 0 Å². The SMILES string of the molecule is CCCC(C)CC(=O)C(CCC)OCC. The maximum atomic E-state index is 11.9. The fraction of sp³-hybridized carbons (Fsp3) is 0.923. The normalized spacial score (nSPS) is 14.9. The third kappa shape index (κ3) is 6.67. The monoisotopic (exact) mass is 214 g/mol. The van der Waals surface area contributed by atoms with E-state index in [1.54, 1.807) is 0 Å². The highest BCUT2D eigenvalue weighted by molar-refractivity contribution is 5.83. The Morgan fingerprint density at radius 3 is 2.20 bits per heavy atom. The summed E-state index contributed by atoms with van der Waals surface area (Å²) >= 11 is 0. The minimum Gasteiger partial charge on any atom is -0.371 e.